The monoisotopic (exact) mass is 313 g/mol. The Morgan fingerprint density at radius 2 is 2.20 bits per heavy atom. The first-order valence-electron chi connectivity index (χ1n) is 6.22. The van der Waals surface area contributed by atoms with Crippen LogP contribution in [-0.2, 0) is 0 Å². The quantitative estimate of drug-likeness (QED) is 0.828. The molecule has 2 rings (SSSR count). The summed E-state index contributed by atoms with van der Waals surface area (Å²) in [5.41, 5.74) is 0. The van der Waals surface area contributed by atoms with Crippen LogP contribution in [0.4, 0.5) is 0 Å². The molecule has 4 nitrogen and oxygen atoms in total. The minimum absolute atomic E-state index is 0.173. The molecule has 1 heterocycles. The molecule has 0 amide bonds. The Morgan fingerprint density at radius 3 is 2.85 bits per heavy atom. The molecule has 108 valence electrons. The lowest BCUT2D eigenvalue weighted by atomic mass is 10.2. The van der Waals surface area contributed by atoms with Gasteiger partial charge in [0.15, 0.2) is 0 Å². The summed E-state index contributed by atoms with van der Waals surface area (Å²) in [4.78, 5) is 13.3. The van der Waals surface area contributed by atoms with Gasteiger partial charge < -0.3 is 14.7 Å². The van der Waals surface area contributed by atoms with Crippen LogP contribution in [0, 0.1) is 0 Å². The maximum atomic E-state index is 11.0. The van der Waals surface area contributed by atoms with Gasteiger partial charge in [0.25, 0.3) is 0 Å². The van der Waals surface area contributed by atoms with Crippen LogP contribution in [0.25, 0.3) is 10.1 Å². The fraction of sp³-hybridized carbons (Fsp3) is 0.357. The highest BCUT2D eigenvalue weighted by Gasteiger charge is 2.16. The zero-order chi connectivity index (χ0) is 14.7. The van der Waals surface area contributed by atoms with Crippen LogP contribution in [-0.4, -0.2) is 43.2 Å². The van der Waals surface area contributed by atoms with Crippen molar-refractivity contribution >= 4 is 39.0 Å². The van der Waals surface area contributed by atoms with E-state index in [0.29, 0.717) is 11.6 Å². The average molecular weight is 314 g/mol. The zero-order valence-electron chi connectivity index (χ0n) is 11.4. The van der Waals surface area contributed by atoms with Crippen LogP contribution in [0.2, 0.25) is 5.02 Å². The second kappa shape index (κ2) is 6.43. The molecule has 20 heavy (non-hydrogen) atoms. The molecule has 0 saturated heterocycles. The molecule has 1 N–H and O–H groups in total. The predicted molar refractivity (Wildman–Crippen MR) is 82.5 cm³/mol. The first kappa shape index (κ1) is 15.1. The lowest BCUT2D eigenvalue weighted by Gasteiger charge is -2.10. The van der Waals surface area contributed by atoms with Crippen LogP contribution in [0.5, 0.6) is 5.75 Å². The van der Waals surface area contributed by atoms with E-state index in [2.05, 4.69) is 4.90 Å². The number of fused-ring (bicyclic) bond motifs is 1. The van der Waals surface area contributed by atoms with Gasteiger partial charge in [0, 0.05) is 16.6 Å². The molecule has 0 atom stereocenters. The summed E-state index contributed by atoms with van der Waals surface area (Å²) in [5, 5.41) is 10.1. The maximum absolute atomic E-state index is 11.0. The number of benzene rings is 1. The highest BCUT2D eigenvalue weighted by Crippen LogP contribution is 2.37. The Balaban J connectivity index is 2.11. The van der Waals surface area contributed by atoms with Gasteiger partial charge in [0.2, 0.25) is 0 Å². The Bertz CT molecular complexity index is 624. The SMILES string of the molecule is CN(C)CCCOc1ccc2c(Cl)c(C(=O)O)sc2c1. The van der Waals surface area contributed by atoms with Crippen molar-refractivity contribution in [2.45, 2.75) is 6.42 Å². The molecule has 0 spiro atoms. The Morgan fingerprint density at radius 1 is 1.45 bits per heavy atom. The van der Waals surface area contributed by atoms with Crippen LogP contribution >= 0.6 is 22.9 Å². The summed E-state index contributed by atoms with van der Waals surface area (Å²) in [5.74, 6) is -0.254. The topological polar surface area (TPSA) is 49.8 Å². The molecular weight excluding hydrogens is 298 g/mol. The molecule has 0 bridgehead atoms. The van der Waals surface area contributed by atoms with E-state index in [-0.39, 0.29) is 4.88 Å². The molecule has 6 heteroatoms. The minimum Gasteiger partial charge on any atom is -0.493 e. The molecule has 0 aliphatic carbocycles. The van der Waals surface area contributed by atoms with Crippen molar-refractivity contribution in [2.24, 2.45) is 0 Å². The summed E-state index contributed by atoms with van der Waals surface area (Å²) in [6, 6.07) is 5.47. The van der Waals surface area contributed by atoms with Gasteiger partial charge in [-0.15, -0.1) is 11.3 Å². The first-order chi connectivity index (χ1) is 9.49. The van der Waals surface area contributed by atoms with E-state index in [1.165, 1.54) is 11.3 Å². The second-order valence-electron chi connectivity index (χ2n) is 4.71. The van der Waals surface area contributed by atoms with Crippen LogP contribution in [0.15, 0.2) is 18.2 Å². The molecule has 1 aromatic carbocycles. The maximum Gasteiger partial charge on any atom is 0.347 e. The number of carboxylic acids is 1. The van der Waals surface area contributed by atoms with Gasteiger partial charge in [-0.25, -0.2) is 4.79 Å². The van der Waals surface area contributed by atoms with Gasteiger partial charge in [-0.3, -0.25) is 0 Å². The fourth-order valence-electron chi connectivity index (χ4n) is 1.84. The number of aromatic carboxylic acids is 1. The number of ether oxygens (including phenoxy) is 1. The van der Waals surface area contributed by atoms with Crippen LogP contribution in [0.1, 0.15) is 16.1 Å². The van der Waals surface area contributed by atoms with Gasteiger partial charge >= 0.3 is 5.97 Å². The van der Waals surface area contributed by atoms with Gasteiger partial charge in [-0.2, -0.15) is 0 Å². The van der Waals surface area contributed by atoms with Gasteiger partial charge in [-0.05, 0) is 38.7 Å². The van der Waals surface area contributed by atoms with Crippen LogP contribution in [0.3, 0.4) is 0 Å². The number of carbonyl (C=O) groups is 1. The number of halogens is 1. The minimum atomic E-state index is -0.996. The van der Waals surface area contributed by atoms with Crippen molar-refractivity contribution in [3.8, 4) is 5.75 Å². The van der Waals surface area contributed by atoms with Crippen molar-refractivity contribution in [3.05, 3.63) is 28.1 Å². The number of hydrogen-bond acceptors (Lipinski definition) is 4. The number of thiophene rings is 1. The van der Waals surface area contributed by atoms with E-state index in [9.17, 15) is 4.79 Å². The molecule has 1 aromatic heterocycles. The lowest BCUT2D eigenvalue weighted by molar-refractivity contribution is 0.0702. The van der Waals surface area contributed by atoms with E-state index < -0.39 is 5.97 Å². The summed E-state index contributed by atoms with van der Waals surface area (Å²) < 4.78 is 6.49. The van der Waals surface area contributed by atoms with Crippen LogP contribution < -0.4 is 4.74 Å². The average Bonchev–Trinajstić information content (AvgIpc) is 2.72. The normalized spacial score (nSPS) is 11.2. The summed E-state index contributed by atoms with van der Waals surface area (Å²) in [6.07, 6.45) is 0.941. The third-order valence-corrected chi connectivity index (χ3v) is 4.46. The Labute approximate surface area is 126 Å². The van der Waals surface area contributed by atoms with E-state index in [1.54, 1.807) is 0 Å². The molecule has 2 aromatic rings. The number of nitrogens with zero attached hydrogens (tertiary/aromatic N) is 1. The molecule has 0 saturated carbocycles. The first-order valence-corrected chi connectivity index (χ1v) is 7.41. The molecule has 0 fully saturated rings. The highest BCUT2D eigenvalue weighted by atomic mass is 35.5. The molecule has 0 unspecified atom stereocenters. The zero-order valence-corrected chi connectivity index (χ0v) is 12.9. The predicted octanol–water partition coefficient (Wildman–Crippen LogP) is 3.58. The molecule has 0 radical (unpaired) electrons. The van der Waals surface area contributed by atoms with Crippen molar-refractivity contribution in [3.63, 3.8) is 0 Å². The largest absolute Gasteiger partial charge is 0.493 e. The molecular formula is C14H16ClNO3S. The van der Waals surface area contributed by atoms with E-state index in [4.69, 9.17) is 21.4 Å². The fourth-order valence-corrected chi connectivity index (χ4v) is 3.22. The third-order valence-electron chi connectivity index (χ3n) is 2.81. The van der Waals surface area contributed by atoms with Crippen molar-refractivity contribution < 1.29 is 14.6 Å². The van der Waals surface area contributed by atoms with Gasteiger partial charge in [0.05, 0.1) is 11.6 Å². The number of carboxylic acid groups (broad SMARTS) is 1. The number of rotatable bonds is 6. The van der Waals surface area contributed by atoms with Gasteiger partial charge in [0.1, 0.15) is 10.6 Å². The Hall–Kier alpha value is -1.30. The van der Waals surface area contributed by atoms with Gasteiger partial charge in [-0.1, -0.05) is 11.6 Å². The van der Waals surface area contributed by atoms with E-state index in [1.807, 2.05) is 32.3 Å². The highest BCUT2D eigenvalue weighted by molar-refractivity contribution is 7.21. The molecule has 0 aliphatic rings. The summed E-state index contributed by atoms with van der Waals surface area (Å²) >= 11 is 7.22. The van der Waals surface area contributed by atoms with Crippen molar-refractivity contribution in [1.29, 1.82) is 0 Å². The lowest BCUT2D eigenvalue weighted by Crippen LogP contribution is -2.15. The van der Waals surface area contributed by atoms with E-state index >= 15 is 0 Å². The third kappa shape index (κ3) is 3.42. The van der Waals surface area contributed by atoms with E-state index in [0.717, 1.165) is 28.8 Å². The standard InChI is InChI=1S/C14H16ClNO3S/c1-16(2)6-3-7-19-9-4-5-10-11(8-9)20-13(12(10)15)14(17)18/h4-5,8H,3,6-7H2,1-2H3,(H,17,18). The molecule has 0 aliphatic heterocycles. The van der Waals surface area contributed by atoms with Crippen molar-refractivity contribution in [1.82, 2.24) is 4.90 Å². The smallest absolute Gasteiger partial charge is 0.347 e. The summed E-state index contributed by atoms with van der Waals surface area (Å²) in [6.45, 7) is 1.60. The number of hydrogen-bond donors (Lipinski definition) is 1. The Kier molecular flexibility index (Phi) is 4.86. The second-order valence-corrected chi connectivity index (χ2v) is 6.14. The van der Waals surface area contributed by atoms with Crippen molar-refractivity contribution in [2.75, 3.05) is 27.2 Å². The summed E-state index contributed by atoms with van der Waals surface area (Å²) in [7, 11) is 4.04.